The second-order valence-electron chi connectivity index (χ2n) is 4.29. The zero-order chi connectivity index (χ0) is 12.5. The van der Waals surface area contributed by atoms with E-state index in [0.717, 1.165) is 28.7 Å². The number of nitrogens with one attached hydrogen (secondary N) is 1. The topological polar surface area (TPSA) is 21.3 Å². The van der Waals surface area contributed by atoms with E-state index in [1.807, 2.05) is 18.5 Å². The normalized spacial score (nSPS) is 15.2. The van der Waals surface area contributed by atoms with Crippen molar-refractivity contribution < 1.29 is 4.74 Å². The molecule has 0 fully saturated rings. The van der Waals surface area contributed by atoms with Gasteiger partial charge in [0.15, 0.2) is 0 Å². The smallest absolute Gasteiger partial charge is 0.127 e. The number of halogens is 1. The van der Waals surface area contributed by atoms with Crippen LogP contribution in [0.15, 0.2) is 29.6 Å². The number of hydrogen-bond acceptors (Lipinski definition) is 3. The first-order valence-electron chi connectivity index (χ1n) is 5.96. The largest absolute Gasteiger partial charge is 0.493 e. The van der Waals surface area contributed by atoms with Gasteiger partial charge in [-0.25, -0.2) is 0 Å². The van der Waals surface area contributed by atoms with Gasteiger partial charge >= 0.3 is 0 Å². The van der Waals surface area contributed by atoms with E-state index in [-0.39, 0.29) is 6.04 Å². The van der Waals surface area contributed by atoms with Gasteiger partial charge in [0.05, 0.1) is 17.7 Å². The summed E-state index contributed by atoms with van der Waals surface area (Å²) in [5.74, 6) is 1.03. The number of ether oxygens (including phenoxy) is 1. The number of rotatable bonds is 3. The van der Waals surface area contributed by atoms with E-state index >= 15 is 0 Å². The summed E-state index contributed by atoms with van der Waals surface area (Å²) in [6.45, 7) is 0.779. The average molecular weight is 280 g/mol. The van der Waals surface area contributed by atoms with Crippen molar-refractivity contribution in [2.24, 2.45) is 0 Å². The lowest BCUT2D eigenvalue weighted by molar-refractivity contribution is 0.351. The number of para-hydroxylation sites is 1. The van der Waals surface area contributed by atoms with Crippen molar-refractivity contribution in [3.8, 4) is 5.75 Å². The summed E-state index contributed by atoms with van der Waals surface area (Å²) in [5, 5.41) is 6.17. The number of fused-ring (bicyclic) bond motifs is 1. The van der Waals surface area contributed by atoms with Crippen LogP contribution < -0.4 is 10.1 Å². The summed E-state index contributed by atoms with van der Waals surface area (Å²) in [5.41, 5.74) is 2.47. The molecule has 0 saturated carbocycles. The first kappa shape index (κ1) is 12.0. The third-order valence-corrected chi connectivity index (χ3v) is 4.67. The molecule has 0 bridgehead atoms. The van der Waals surface area contributed by atoms with Gasteiger partial charge < -0.3 is 10.1 Å². The Kier molecular flexibility index (Phi) is 3.29. The molecule has 4 heteroatoms. The van der Waals surface area contributed by atoms with Gasteiger partial charge in [0, 0.05) is 16.9 Å². The summed E-state index contributed by atoms with van der Waals surface area (Å²) in [4.78, 5) is 1.14. The van der Waals surface area contributed by atoms with E-state index in [4.69, 9.17) is 16.3 Å². The molecule has 1 aliphatic rings. The quantitative estimate of drug-likeness (QED) is 0.926. The zero-order valence-electron chi connectivity index (χ0n) is 10.1. The van der Waals surface area contributed by atoms with Crippen LogP contribution in [0, 0.1) is 0 Å². The van der Waals surface area contributed by atoms with Crippen LogP contribution in [0.5, 0.6) is 5.75 Å². The molecule has 0 amide bonds. The fourth-order valence-corrected chi connectivity index (χ4v) is 3.70. The minimum Gasteiger partial charge on any atom is -0.493 e. The molecule has 3 rings (SSSR count). The summed E-state index contributed by atoms with van der Waals surface area (Å²) < 4.78 is 5.77. The Hall–Kier alpha value is -1.03. The Balaban J connectivity index is 2.08. The van der Waals surface area contributed by atoms with E-state index in [9.17, 15) is 0 Å². The lowest BCUT2D eigenvalue weighted by Gasteiger charge is -2.18. The van der Waals surface area contributed by atoms with E-state index < -0.39 is 0 Å². The molecule has 94 valence electrons. The molecule has 0 aliphatic carbocycles. The minimum absolute atomic E-state index is 0.102. The third kappa shape index (κ3) is 1.92. The van der Waals surface area contributed by atoms with Crippen molar-refractivity contribution >= 4 is 22.9 Å². The Bertz CT molecular complexity index is 567. The predicted molar refractivity (Wildman–Crippen MR) is 75.9 cm³/mol. The Morgan fingerprint density at radius 2 is 2.28 bits per heavy atom. The van der Waals surface area contributed by atoms with Gasteiger partial charge in [-0.15, -0.1) is 11.3 Å². The molecule has 1 aromatic heterocycles. The molecule has 1 aliphatic heterocycles. The highest BCUT2D eigenvalue weighted by atomic mass is 35.5. The highest BCUT2D eigenvalue weighted by Crippen LogP contribution is 2.39. The van der Waals surface area contributed by atoms with Gasteiger partial charge in [0.1, 0.15) is 5.75 Å². The van der Waals surface area contributed by atoms with Crippen LogP contribution in [0.3, 0.4) is 0 Å². The van der Waals surface area contributed by atoms with Crippen LogP contribution in [0.1, 0.15) is 22.0 Å². The fraction of sp³-hybridized carbons (Fsp3) is 0.286. The van der Waals surface area contributed by atoms with Crippen molar-refractivity contribution in [1.29, 1.82) is 0 Å². The monoisotopic (exact) mass is 279 g/mol. The summed E-state index contributed by atoms with van der Waals surface area (Å²) in [7, 11) is 1.95. The molecule has 0 spiro atoms. The molecule has 1 unspecified atom stereocenters. The average Bonchev–Trinajstić information content (AvgIpc) is 3.00. The van der Waals surface area contributed by atoms with Crippen LogP contribution >= 0.6 is 22.9 Å². The van der Waals surface area contributed by atoms with E-state index in [1.54, 1.807) is 11.3 Å². The van der Waals surface area contributed by atoms with Gasteiger partial charge in [0.2, 0.25) is 0 Å². The van der Waals surface area contributed by atoms with E-state index in [2.05, 4.69) is 23.5 Å². The maximum Gasteiger partial charge on any atom is 0.127 e. The SMILES string of the molecule is CNC(c1cccc2c1OCC2)c1sccc1Cl. The van der Waals surface area contributed by atoms with E-state index in [0.29, 0.717) is 0 Å². The number of benzene rings is 1. The summed E-state index contributed by atoms with van der Waals surface area (Å²) in [6, 6.07) is 8.38. The molecule has 0 radical (unpaired) electrons. The Labute approximate surface area is 116 Å². The molecule has 2 nitrogen and oxygen atoms in total. The second-order valence-corrected chi connectivity index (χ2v) is 5.64. The molecular weight excluding hydrogens is 266 g/mol. The van der Waals surface area contributed by atoms with Crippen LogP contribution in [0.2, 0.25) is 5.02 Å². The molecule has 1 aromatic carbocycles. The molecule has 1 atom stereocenters. The maximum atomic E-state index is 6.24. The molecular formula is C14H14ClNOS. The summed E-state index contributed by atoms with van der Waals surface area (Å²) in [6.07, 6.45) is 0.998. The van der Waals surface area contributed by atoms with Gasteiger partial charge in [-0.1, -0.05) is 29.8 Å². The van der Waals surface area contributed by atoms with Gasteiger partial charge in [-0.05, 0) is 24.1 Å². The second kappa shape index (κ2) is 4.92. The van der Waals surface area contributed by atoms with Crippen molar-refractivity contribution in [3.05, 3.63) is 50.7 Å². The predicted octanol–water partition coefficient (Wildman–Crippen LogP) is 3.65. The molecule has 18 heavy (non-hydrogen) atoms. The van der Waals surface area contributed by atoms with Crippen molar-refractivity contribution in [3.63, 3.8) is 0 Å². The van der Waals surface area contributed by atoms with E-state index in [1.165, 1.54) is 11.1 Å². The fourth-order valence-electron chi connectivity index (χ4n) is 2.41. The molecule has 0 saturated heterocycles. The number of hydrogen-bond donors (Lipinski definition) is 1. The van der Waals surface area contributed by atoms with Crippen LogP contribution in [0.25, 0.3) is 0 Å². The van der Waals surface area contributed by atoms with Crippen LogP contribution in [0.4, 0.5) is 0 Å². The van der Waals surface area contributed by atoms with Gasteiger partial charge in [0.25, 0.3) is 0 Å². The van der Waals surface area contributed by atoms with Crippen molar-refractivity contribution in [2.45, 2.75) is 12.5 Å². The Morgan fingerprint density at radius 1 is 1.39 bits per heavy atom. The molecule has 2 heterocycles. The maximum absolute atomic E-state index is 6.24. The molecule has 1 N–H and O–H groups in total. The minimum atomic E-state index is 0.102. The zero-order valence-corrected chi connectivity index (χ0v) is 11.6. The van der Waals surface area contributed by atoms with Gasteiger partial charge in [-0.3, -0.25) is 0 Å². The first-order valence-corrected chi connectivity index (χ1v) is 7.21. The van der Waals surface area contributed by atoms with Gasteiger partial charge in [-0.2, -0.15) is 0 Å². The van der Waals surface area contributed by atoms with Crippen molar-refractivity contribution in [2.75, 3.05) is 13.7 Å². The van der Waals surface area contributed by atoms with Crippen molar-refractivity contribution in [1.82, 2.24) is 5.32 Å². The number of thiophene rings is 1. The van der Waals surface area contributed by atoms with Crippen LogP contribution in [-0.4, -0.2) is 13.7 Å². The lowest BCUT2D eigenvalue weighted by Crippen LogP contribution is -2.17. The standard InChI is InChI=1S/C14H14ClNOS/c1-16-12(14-11(15)6-8-18-14)10-4-2-3-9-5-7-17-13(9)10/h2-4,6,8,12,16H,5,7H2,1H3. The van der Waals surface area contributed by atoms with Crippen LogP contribution in [-0.2, 0) is 6.42 Å². The summed E-state index contributed by atoms with van der Waals surface area (Å²) >= 11 is 7.92. The highest BCUT2D eigenvalue weighted by Gasteiger charge is 2.24. The Morgan fingerprint density at radius 3 is 3.00 bits per heavy atom. The highest BCUT2D eigenvalue weighted by molar-refractivity contribution is 7.10. The molecule has 2 aromatic rings. The third-order valence-electron chi connectivity index (χ3n) is 3.25. The first-order chi connectivity index (χ1) is 8.81. The lowest BCUT2D eigenvalue weighted by atomic mass is 10.0.